The molecule has 43 heavy (non-hydrogen) atoms. The van der Waals surface area contributed by atoms with Crippen molar-refractivity contribution in [1.82, 2.24) is 10.6 Å². The van der Waals surface area contributed by atoms with Crippen LogP contribution in [-0.4, -0.2) is 48.1 Å². The van der Waals surface area contributed by atoms with Crippen molar-refractivity contribution in [2.75, 3.05) is 12.3 Å². The van der Waals surface area contributed by atoms with Crippen LogP contribution < -0.4 is 39.3 Å². The molecule has 3 rings (SSSR count). The van der Waals surface area contributed by atoms with E-state index in [9.17, 15) is 14.4 Å². The zero-order valence-corrected chi connectivity index (χ0v) is 24.6. The molecule has 0 radical (unpaired) electrons. The number of nitrogens with one attached hydrogen (secondary N) is 3. The first-order valence-electron chi connectivity index (χ1n) is 14.8. The third kappa shape index (κ3) is 10.6. The van der Waals surface area contributed by atoms with E-state index in [-0.39, 0.29) is 48.9 Å². The molecule has 1 aliphatic rings. The zero-order chi connectivity index (χ0) is 31.4. The number of guanidine groups is 1. The summed E-state index contributed by atoms with van der Waals surface area (Å²) in [6.07, 6.45) is 6.43. The minimum absolute atomic E-state index is 0.0184. The molecule has 0 aliphatic heterocycles. The number of anilines is 1. The Morgan fingerprint density at radius 2 is 1.40 bits per heavy atom. The number of amidine groups is 1. The van der Waals surface area contributed by atoms with Crippen LogP contribution in [0.1, 0.15) is 61.6 Å². The van der Waals surface area contributed by atoms with E-state index in [1.807, 2.05) is 12.1 Å². The van der Waals surface area contributed by atoms with Gasteiger partial charge in [0.05, 0.1) is 0 Å². The lowest BCUT2D eigenvalue weighted by atomic mass is 9.76. The van der Waals surface area contributed by atoms with E-state index in [0.29, 0.717) is 24.1 Å². The Morgan fingerprint density at radius 1 is 0.814 bits per heavy atom. The van der Waals surface area contributed by atoms with Crippen molar-refractivity contribution in [3.05, 3.63) is 65.2 Å². The second-order valence-electron chi connectivity index (χ2n) is 11.2. The zero-order valence-electron chi connectivity index (χ0n) is 24.6. The number of hydrogen-bond acceptors (Lipinski definition) is 6. The molecule has 0 aromatic heterocycles. The number of aliphatic imine (C=N–C) groups is 1. The summed E-state index contributed by atoms with van der Waals surface area (Å²) in [5, 5.41) is 13.4. The average Bonchev–Trinajstić information content (AvgIpc) is 2.98. The number of hydrogen-bond donors (Lipinski definition) is 8. The fourth-order valence-electron chi connectivity index (χ4n) is 5.52. The van der Waals surface area contributed by atoms with Gasteiger partial charge in [-0.1, -0.05) is 55.7 Å². The quantitative estimate of drug-likeness (QED) is 0.0647. The largest absolute Gasteiger partial charge is 0.399 e. The Bertz CT molecular complexity index is 1270. The molecule has 13 N–H and O–H groups in total. The molecule has 1 aliphatic carbocycles. The van der Waals surface area contributed by atoms with Gasteiger partial charge in [-0.15, -0.1) is 0 Å². The number of nitrogens with two attached hydrogens (primary N) is 5. The standard InChI is InChI=1S/C31H45N9O3/c32-23-14-10-20(11-15-23)18-26(30(43)39-25(28(35)41)7-4-16-38-31(36)37)40-29(42)24(21-5-2-1-3-6-21)17-19-8-12-22(13-9-19)27(33)34/h8-15,21,24-26H,1-7,16-18,32H2,(H3,33,34)(H2,35,41)(H,39,43)(H,40,42)(H4,36,37,38)/t24?,25-,26-/m0/s1. The first-order chi connectivity index (χ1) is 20.5. The van der Waals surface area contributed by atoms with E-state index in [0.717, 1.165) is 43.2 Å². The lowest BCUT2D eigenvalue weighted by Gasteiger charge is -2.31. The Morgan fingerprint density at radius 3 is 1.98 bits per heavy atom. The van der Waals surface area contributed by atoms with Crippen molar-refractivity contribution in [2.45, 2.75) is 69.9 Å². The summed E-state index contributed by atoms with van der Waals surface area (Å²) in [6.45, 7) is 0.282. The van der Waals surface area contributed by atoms with Crippen LogP contribution in [0.15, 0.2) is 53.5 Å². The summed E-state index contributed by atoms with van der Waals surface area (Å²) in [6, 6.07) is 12.5. The van der Waals surface area contributed by atoms with Gasteiger partial charge in [-0.2, -0.15) is 0 Å². The molecule has 2 aromatic carbocycles. The van der Waals surface area contributed by atoms with Crippen LogP contribution in [0.5, 0.6) is 0 Å². The summed E-state index contributed by atoms with van der Waals surface area (Å²) in [7, 11) is 0. The Balaban J connectivity index is 1.82. The Kier molecular flexibility index (Phi) is 12.3. The number of carbonyl (C=O) groups is 3. The molecule has 232 valence electrons. The predicted molar refractivity (Wildman–Crippen MR) is 169 cm³/mol. The van der Waals surface area contributed by atoms with Crippen molar-refractivity contribution in [3.8, 4) is 0 Å². The maximum atomic E-state index is 14.0. The van der Waals surface area contributed by atoms with Gasteiger partial charge in [-0.3, -0.25) is 24.8 Å². The van der Waals surface area contributed by atoms with Crippen LogP contribution in [-0.2, 0) is 27.2 Å². The number of amides is 3. The minimum atomic E-state index is -0.957. The Labute approximate surface area is 252 Å². The van der Waals surface area contributed by atoms with E-state index >= 15 is 0 Å². The normalized spacial score (nSPS) is 15.4. The highest BCUT2D eigenvalue weighted by atomic mass is 16.2. The van der Waals surface area contributed by atoms with Gasteiger partial charge in [0, 0.05) is 30.1 Å². The lowest BCUT2D eigenvalue weighted by Crippen LogP contribution is -2.55. The molecule has 12 heteroatoms. The van der Waals surface area contributed by atoms with Crippen LogP contribution in [0, 0.1) is 17.2 Å². The van der Waals surface area contributed by atoms with Crippen LogP contribution in [0.25, 0.3) is 0 Å². The highest BCUT2D eigenvalue weighted by Crippen LogP contribution is 2.32. The van der Waals surface area contributed by atoms with Gasteiger partial charge in [0.25, 0.3) is 0 Å². The second-order valence-corrected chi connectivity index (χ2v) is 11.2. The van der Waals surface area contributed by atoms with Crippen molar-refractivity contribution < 1.29 is 14.4 Å². The molecule has 3 atom stereocenters. The number of rotatable bonds is 15. The second kappa shape index (κ2) is 16.1. The molecular weight excluding hydrogens is 546 g/mol. The number of nitrogen functional groups attached to an aromatic ring is 2. The molecule has 1 saturated carbocycles. The molecule has 0 saturated heterocycles. The molecule has 0 heterocycles. The van der Waals surface area contributed by atoms with Gasteiger partial charge in [0.1, 0.15) is 17.9 Å². The van der Waals surface area contributed by atoms with Crippen LogP contribution in [0.3, 0.4) is 0 Å². The molecule has 0 spiro atoms. The predicted octanol–water partition coefficient (Wildman–Crippen LogP) is 1.04. The number of carbonyl (C=O) groups excluding carboxylic acids is 3. The number of benzene rings is 2. The fraction of sp³-hybridized carbons (Fsp3) is 0.452. The SMILES string of the molecule is N=C(N)c1ccc(CC(C(=O)N[C@@H](Cc2ccc(N)cc2)C(=O)N[C@@H](CCCN=C(N)N)C(N)=O)C2CCCCC2)cc1. The van der Waals surface area contributed by atoms with Gasteiger partial charge in [0.15, 0.2) is 5.96 Å². The number of primary amides is 1. The molecule has 1 fully saturated rings. The first kappa shape index (κ1) is 32.9. The average molecular weight is 592 g/mol. The summed E-state index contributed by atoms with van der Waals surface area (Å²) in [5.74, 6) is -1.70. The topological polar surface area (TPSA) is 242 Å². The smallest absolute Gasteiger partial charge is 0.243 e. The summed E-state index contributed by atoms with van der Waals surface area (Å²) < 4.78 is 0. The summed E-state index contributed by atoms with van der Waals surface area (Å²) in [4.78, 5) is 43.7. The minimum Gasteiger partial charge on any atom is -0.399 e. The van der Waals surface area contributed by atoms with E-state index in [4.69, 9.17) is 34.1 Å². The van der Waals surface area contributed by atoms with Gasteiger partial charge in [-0.25, -0.2) is 0 Å². The van der Waals surface area contributed by atoms with Gasteiger partial charge in [-0.05, 0) is 61.3 Å². The van der Waals surface area contributed by atoms with Gasteiger partial charge < -0.3 is 39.3 Å². The van der Waals surface area contributed by atoms with Crippen molar-refractivity contribution in [3.63, 3.8) is 0 Å². The van der Waals surface area contributed by atoms with E-state index in [1.165, 1.54) is 0 Å². The summed E-state index contributed by atoms with van der Waals surface area (Å²) >= 11 is 0. The van der Waals surface area contributed by atoms with Crippen molar-refractivity contribution in [2.24, 2.45) is 39.8 Å². The maximum absolute atomic E-state index is 14.0. The van der Waals surface area contributed by atoms with E-state index in [1.54, 1.807) is 36.4 Å². The monoisotopic (exact) mass is 591 g/mol. The summed E-state index contributed by atoms with van der Waals surface area (Å²) in [5.41, 5.74) is 30.7. The highest BCUT2D eigenvalue weighted by molar-refractivity contribution is 5.95. The molecule has 3 amide bonds. The molecular formula is C31H45N9O3. The van der Waals surface area contributed by atoms with Crippen LogP contribution in [0.4, 0.5) is 5.69 Å². The lowest BCUT2D eigenvalue weighted by molar-refractivity contribution is -0.133. The molecule has 0 bridgehead atoms. The number of nitrogens with zero attached hydrogens (tertiary/aromatic N) is 1. The molecule has 2 aromatic rings. The van der Waals surface area contributed by atoms with Crippen molar-refractivity contribution in [1.29, 1.82) is 5.41 Å². The fourth-order valence-corrected chi connectivity index (χ4v) is 5.52. The van der Waals surface area contributed by atoms with Crippen molar-refractivity contribution >= 4 is 35.2 Å². The van der Waals surface area contributed by atoms with Crippen LogP contribution >= 0.6 is 0 Å². The van der Waals surface area contributed by atoms with E-state index in [2.05, 4.69) is 15.6 Å². The highest BCUT2D eigenvalue weighted by Gasteiger charge is 2.33. The van der Waals surface area contributed by atoms with Gasteiger partial charge >= 0.3 is 0 Å². The third-order valence-corrected chi connectivity index (χ3v) is 7.93. The first-order valence-corrected chi connectivity index (χ1v) is 14.8. The molecule has 1 unspecified atom stereocenters. The van der Waals surface area contributed by atoms with Gasteiger partial charge in [0.2, 0.25) is 17.7 Å². The maximum Gasteiger partial charge on any atom is 0.243 e. The Hall–Kier alpha value is -4.61. The van der Waals surface area contributed by atoms with E-state index < -0.39 is 23.9 Å². The molecule has 12 nitrogen and oxygen atoms in total. The van der Waals surface area contributed by atoms with Crippen LogP contribution in [0.2, 0.25) is 0 Å². The third-order valence-electron chi connectivity index (χ3n) is 7.93.